The maximum atomic E-state index is 11.9. The lowest BCUT2D eigenvalue weighted by Gasteiger charge is -2.26. The molecule has 118 valence electrons. The minimum absolute atomic E-state index is 0.199. The monoisotopic (exact) mass is 313 g/mol. The van der Waals surface area contributed by atoms with Gasteiger partial charge in [-0.05, 0) is 51.4 Å². The van der Waals surface area contributed by atoms with E-state index in [0.717, 1.165) is 19.4 Å². The molecule has 1 saturated heterocycles. The maximum absolute atomic E-state index is 11.9. The number of nitrogens with zero attached hydrogens (tertiary/aromatic N) is 1. The Bertz CT molecular complexity index is 614. The highest BCUT2D eigenvalue weighted by molar-refractivity contribution is 7.89. The van der Waals surface area contributed by atoms with Crippen molar-refractivity contribution >= 4 is 21.4 Å². The van der Waals surface area contributed by atoms with E-state index < -0.39 is 15.6 Å². The van der Waals surface area contributed by atoms with Crippen molar-refractivity contribution in [2.45, 2.75) is 36.7 Å². The number of hydrogen-bond acceptors (Lipinski definition) is 5. The molecule has 0 spiro atoms. The van der Waals surface area contributed by atoms with Crippen molar-refractivity contribution in [2.24, 2.45) is 0 Å². The molecule has 1 aliphatic rings. The van der Waals surface area contributed by atoms with E-state index in [9.17, 15) is 13.5 Å². The van der Waals surface area contributed by atoms with Gasteiger partial charge in [0.05, 0.1) is 21.9 Å². The fourth-order valence-electron chi connectivity index (χ4n) is 2.59. The normalized spacial score (nSPS) is 23.9. The van der Waals surface area contributed by atoms with Crippen LogP contribution in [0.15, 0.2) is 23.1 Å². The topological polar surface area (TPSA) is 95.7 Å². The number of anilines is 2. The lowest BCUT2D eigenvalue weighted by atomic mass is 9.98. The highest BCUT2D eigenvalue weighted by Crippen LogP contribution is 2.30. The molecule has 0 aliphatic carbocycles. The standard InChI is InChI=1S/C14H23N3O3S/c1-14(18)6-3-8-17(9-7-14)13-10-11(4-5-12(13)15)21(19,20)16-2/h4-5,10,16,18H,3,6-9,15H2,1-2H3. The first-order chi connectivity index (χ1) is 9.75. The summed E-state index contributed by atoms with van der Waals surface area (Å²) in [5.41, 5.74) is 6.60. The second kappa shape index (κ2) is 5.82. The third-order valence-electron chi connectivity index (χ3n) is 3.99. The number of rotatable bonds is 3. The predicted octanol–water partition coefficient (Wildman–Crippen LogP) is 0.918. The molecular weight excluding hydrogens is 290 g/mol. The molecule has 6 nitrogen and oxygen atoms in total. The van der Waals surface area contributed by atoms with Gasteiger partial charge in [-0.3, -0.25) is 0 Å². The van der Waals surface area contributed by atoms with Crippen LogP contribution < -0.4 is 15.4 Å². The molecule has 0 radical (unpaired) electrons. The first kappa shape index (κ1) is 16.1. The van der Waals surface area contributed by atoms with Gasteiger partial charge in [-0.1, -0.05) is 0 Å². The summed E-state index contributed by atoms with van der Waals surface area (Å²) >= 11 is 0. The van der Waals surface area contributed by atoms with E-state index in [1.165, 1.54) is 13.1 Å². The molecule has 1 heterocycles. The molecule has 0 amide bonds. The van der Waals surface area contributed by atoms with Crippen molar-refractivity contribution in [3.63, 3.8) is 0 Å². The van der Waals surface area contributed by atoms with E-state index >= 15 is 0 Å². The lowest BCUT2D eigenvalue weighted by molar-refractivity contribution is 0.0481. The summed E-state index contributed by atoms with van der Waals surface area (Å²) in [5, 5.41) is 10.1. The molecule has 0 bridgehead atoms. The Labute approximate surface area is 126 Å². The lowest BCUT2D eigenvalue weighted by Crippen LogP contribution is -2.29. The molecule has 4 N–H and O–H groups in total. The molecule has 0 aromatic heterocycles. The molecule has 1 atom stereocenters. The van der Waals surface area contributed by atoms with Crippen LogP contribution in [0.4, 0.5) is 11.4 Å². The van der Waals surface area contributed by atoms with Gasteiger partial charge in [0, 0.05) is 13.1 Å². The minimum Gasteiger partial charge on any atom is -0.397 e. The summed E-state index contributed by atoms with van der Waals surface area (Å²) in [6.45, 7) is 3.24. The number of nitrogens with two attached hydrogens (primary N) is 1. The molecule has 1 aromatic rings. The smallest absolute Gasteiger partial charge is 0.240 e. The fraction of sp³-hybridized carbons (Fsp3) is 0.571. The number of sulfonamides is 1. The third-order valence-corrected chi connectivity index (χ3v) is 5.40. The van der Waals surface area contributed by atoms with Gasteiger partial charge in [0.2, 0.25) is 10.0 Å². The zero-order valence-electron chi connectivity index (χ0n) is 12.5. The molecule has 0 saturated carbocycles. The van der Waals surface area contributed by atoms with Crippen molar-refractivity contribution < 1.29 is 13.5 Å². The molecule has 21 heavy (non-hydrogen) atoms. The van der Waals surface area contributed by atoms with Gasteiger partial charge in [0.25, 0.3) is 0 Å². The van der Waals surface area contributed by atoms with Crippen molar-refractivity contribution in [3.8, 4) is 0 Å². The van der Waals surface area contributed by atoms with Crippen molar-refractivity contribution in [1.29, 1.82) is 0 Å². The van der Waals surface area contributed by atoms with Gasteiger partial charge in [0.15, 0.2) is 0 Å². The quantitative estimate of drug-likeness (QED) is 0.721. The van der Waals surface area contributed by atoms with Crippen LogP contribution in [0.25, 0.3) is 0 Å². The highest BCUT2D eigenvalue weighted by Gasteiger charge is 2.26. The van der Waals surface area contributed by atoms with Crippen LogP contribution in [0.1, 0.15) is 26.2 Å². The molecule has 1 fully saturated rings. The Hall–Kier alpha value is -1.31. The Morgan fingerprint density at radius 3 is 2.71 bits per heavy atom. The van der Waals surface area contributed by atoms with Gasteiger partial charge < -0.3 is 15.7 Å². The summed E-state index contributed by atoms with van der Waals surface area (Å²) in [5.74, 6) is 0. The summed E-state index contributed by atoms with van der Waals surface area (Å²) < 4.78 is 26.1. The molecule has 1 unspecified atom stereocenters. The predicted molar refractivity (Wildman–Crippen MR) is 83.8 cm³/mol. The second-order valence-corrected chi connectivity index (χ2v) is 7.65. The van der Waals surface area contributed by atoms with Gasteiger partial charge >= 0.3 is 0 Å². The van der Waals surface area contributed by atoms with E-state index in [1.54, 1.807) is 12.1 Å². The van der Waals surface area contributed by atoms with E-state index in [1.807, 2.05) is 11.8 Å². The number of aliphatic hydroxyl groups is 1. The molecule has 7 heteroatoms. The van der Waals surface area contributed by atoms with Gasteiger partial charge in [-0.2, -0.15) is 0 Å². The van der Waals surface area contributed by atoms with Gasteiger partial charge in [-0.15, -0.1) is 0 Å². The van der Waals surface area contributed by atoms with Gasteiger partial charge in [-0.25, -0.2) is 13.1 Å². The van der Waals surface area contributed by atoms with Crippen molar-refractivity contribution in [2.75, 3.05) is 30.8 Å². The van der Waals surface area contributed by atoms with E-state index in [2.05, 4.69) is 4.72 Å². The largest absolute Gasteiger partial charge is 0.397 e. The van der Waals surface area contributed by atoms with Crippen molar-refractivity contribution in [3.05, 3.63) is 18.2 Å². The first-order valence-electron chi connectivity index (χ1n) is 7.06. The molecule has 2 rings (SSSR count). The van der Waals surface area contributed by atoms with Crippen LogP contribution in [0.2, 0.25) is 0 Å². The summed E-state index contributed by atoms with van der Waals surface area (Å²) in [6, 6.07) is 4.71. The Kier molecular flexibility index (Phi) is 4.46. The Morgan fingerprint density at radius 1 is 1.33 bits per heavy atom. The zero-order chi connectivity index (χ0) is 15.7. The zero-order valence-corrected chi connectivity index (χ0v) is 13.3. The van der Waals surface area contributed by atoms with Crippen LogP contribution in [0.5, 0.6) is 0 Å². The summed E-state index contributed by atoms with van der Waals surface area (Å²) in [6.07, 6.45) is 2.21. The average Bonchev–Trinajstić information content (AvgIpc) is 2.60. The Balaban J connectivity index is 2.33. The van der Waals surface area contributed by atoms with Crippen molar-refractivity contribution in [1.82, 2.24) is 4.72 Å². The van der Waals surface area contributed by atoms with Gasteiger partial charge in [0.1, 0.15) is 0 Å². The van der Waals surface area contributed by atoms with Crippen LogP contribution in [-0.2, 0) is 10.0 Å². The number of benzene rings is 1. The van der Waals surface area contributed by atoms with E-state index in [-0.39, 0.29) is 4.90 Å². The second-order valence-electron chi connectivity index (χ2n) is 5.77. The van der Waals surface area contributed by atoms with Crippen LogP contribution in [-0.4, -0.2) is 39.3 Å². The average molecular weight is 313 g/mol. The number of nitrogen functional groups attached to an aromatic ring is 1. The van der Waals surface area contributed by atoms with Crippen LogP contribution in [0.3, 0.4) is 0 Å². The maximum Gasteiger partial charge on any atom is 0.240 e. The first-order valence-corrected chi connectivity index (χ1v) is 8.54. The molecule has 1 aliphatic heterocycles. The van der Waals surface area contributed by atoms with E-state index in [0.29, 0.717) is 24.3 Å². The van der Waals surface area contributed by atoms with Crippen LogP contribution >= 0.6 is 0 Å². The molecular formula is C14H23N3O3S. The summed E-state index contributed by atoms with van der Waals surface area (Å²) in [4.78, 5) is 2.25. The molecule has 1 aromatic carbocycles. The van der Waals surface area contributed by atoms with Crippen LogP contribution in [0, 0.1) is 0 Å². The number of hydrogen-bond donors (Lipinski definition) is 3. The summed E-state index contributed by atoms with van der Waals surface area (Å²) in [7, 11) is -2.11. The minimum atomic E-state index is -3.49. The SMILES string of the molecule is CNS(=O)(=O)c1ccc(N)c(N2CCCC(C)(O)CC2)c1. The van der Waals surface area contributed by atoms with E-state index in [4.69, 9.17) is 5.73 Å². The number of nitrogens with one attached hydrogen (secondary N) is 1. The Morgan fingerprint density at radius 2 is 2.05 bits per heavy atom. The third kappa shape index (κ3) is 3.66. The highest BCUT2D eigenvalue weighted by atomic mass is 32.2. The fourth-order valence-corrected chi connectivity index (χ4v) is 3.34.